The molecule has 2 heterocycles. The third kappa shape index (κ3) is 3.21. The first-order chi connectivity index (χ1) is 13.2. The van der Waals surface area contributed by atoms with Gasteiger partial charge in [-0.25, -0.2) is 4.39 Å². The van der Waals surface area contributed by atoms with Gasteiger partial charge in [0.2, 0.25) is 0 Å². The van der Waals surface area contributed by atoms with E-state index in [9.17, 15) is 17.6 Å². The number of hydrogen-bond acceptors (Lipinski definition) is 3. The van der Waals surface area contributed by atoms with Crippen molar-refractivity contribution in [2.45, 2.75) is 51.8 Å². The minimum absolute atomic E-state index is 0.0121. The van der Waals surface area contributed by atoms with Gasteiger partial charge in [0.1, 0.15) is 29.1 Å². The Labute approximate surface area is 159 Å². The Kier molecular flexibility index (Phi) is 4.32. The normalized spacial score (nSPS) is 15.8. The van der Waals surface area contributed by atoms with Gasteiger partial charge >= 0.3 is 6.18 Å². The molecular weight excluding hydrogens is 374 g/mol. The van der Waals surface area contributed by atoms with Crippen molar-refractivity contribution in [1.29, 1.82) is 0 Å². The van der Waals surface area contributed by atoms with Gasteiger partial charge in [-0.3, -0.25) is 4.40 Å². The fourth-order valence-electron chi connectivity index (χ4n) is 3.55. The molecule has 2 aromatic heterocycles. The second-order valence-electron chi connectivity index (χ2n) is 7.25. The van der Waals surface area contributed by atoms with Crippen LogP contribution in [0.2, 0.25) is 0 Å². The molecule has 0 bridgehead atoms. The van der Waals surface area contributed by atoms with Gasteiger partial charge in [-0.1, -0.05) is 0 Å². The number of benzene rings is 1. The number of halogens is 4. The van der Waals surface area contributed by atoms with E-state index in [1.165, 1.54) is 22.6 Å². The van der Waals surface area contributed by atoms with Crippen LogP contribution < -0.4 is 4.74 Å². The monoisotopic (exact) mass is 393 g/mol. The summed E-state index contributed by atoms with van der Waals surface area (Å²) in [6, 6.07) is 5.50. The van der Waals surface area contributed by atoms with Crippen LogP contribution in [0.4, 0.5) is 17.6 Å². The van der Waals surface area contributed by atoms with E-state index in [0.717, 1.165) is 18.5 Å². The van der Waals surface area contributed by atoms with Crippen LogP contribution in [0.5, 0.6) is 5.75 Å². The molecule has 4 rings (SSSR count). The van der Waals surface area contributed by atoms with E-state index in [-0.39, 0.29) is 17.1 Å². The van der Waals surface area contributed by atoms with Crippen LogP contribution in [0.25, 0.3) is 5.65 Å². The largest absolute Gasteiger partial charge is 0.486 e. The molecule has 1 aliphatic carbocycles. The highest BCUT2D eigenvalue weighted by Gasteiger charge is 2.41. The predicted molar refractivity (Wildman–Crippen MR) is 94.9 cm³/mol. The maximum absolute atomic E-state index is 14.0. The summed E-state index contributed by atoms with van der Waals surface area (Å²) in [5.74, 6) is 0.535. The predicted octanol–water partition coefficient (Wildman–Crippen LogP) is 5.52. The summed E-state index contributed by atoms with van der Waals surface area (Å²) in [4.78, 5) is 0. The molecule has 0 amide bonds. The van der Waals surface area contributed by atoms with Crippen LogP contribution in [0, 0.1) is 19.7 Å². The molecule has 0 N–H and O–H groups in total. The number of alkyl halides is 3. The van der Waals surface area contributed by atoms with Crippen molar-refractivity contribution in [2.24, 2.45) is 0 Å². The molecule has 0 spiro atoms. The maximum Gasteiger partial charge on any atom is 0.420 e. The SMILES string of the molecule is Cc1cc(F)ccc1O[C@@H](C)c1cc(C2CC2)n2c(C)nnc2c1C(F)(F)F. The van der Waals surface area contributed by atoms with E-state index in [1.807, 2.05) is 0 Å². The molecule has 0 aliphatic heterocycles. The van der Waals surface area contributed by atoms with Crippen molar-refractivity contribution in [3.05, 3.63) is 58.3 Å². The van der Waals surface area contributed by atoms with Crippen molar-refractivity contribution in [1.82, 2.24) is 14.6 Å². The van der Waals surface area contributed by atoms with E-state index >= 15 is 0 Å². The highest BCUT2D eigenvalue weighted by Crippen LogP contribution is 2.45. The number of aryl methyl sites for hydroxylation is 2. The fraction of sp³-hybridized carbons (Fsp3) is 0.400. The molecule has 1 saturated carbocycles. The maximum atomic E-state index is 14.0. The standard InChI is InChI=1S/C20H19F4N3O/c1-10-8-14(21)6-7-17(10)28-11(2)15-9-16(13-4-5-13)27-12(3)25-26-19(27)18(15)20(22,23)24/h6-9,11,13H,4-5H2,1-3H3/t11-/m0/s1. The highest BCUT2D eigenvalue weighted by molar-refractivity contribution is 5.57. The van der Waals surface area contributed by atoms with Crippen LogP contribution in [0.15, 0.2) is 24.3 Å². The number of hydrogen-bond donors (Lipinski definition) is 0. The topological polar surface area (TPSA) is 39.4 Å². The van der Waals surface area contributed by atoms with Crippen molar-refractivity contribution in [3.63, 3.8) is 0 Å². The summed E-state index contributed by atoms with van der Waals surface area (Å²) in [5, 5.41) is 7.70. The highest BCUT2D eigenvalue weighted by atomic mass is 19.4. The van der Waals surface area contributed by atoms with E-state index in [1.54, 1.807) is 26.8 Å². The molecule has 4 nitrogen and oxygen atoms in total. The van der Waals surface area contributed by atoms with Gasteiger partial charge in [-0.05, 0) is 69.4 Å². The van der Waals surface area contributed by atoms with Crippen molar-refractivity contribution < 1.29 is 22.3 Å². The van der Waals surface area contributed by atoms with Gasteiger partial charge in [0.05, 0.1) is 0 Å². The molecule has 148 valence electrons. The smallest absolute Gasteiger partial charge is 0.420 e. The van der Waals surface area contributed by atoms with E-state index in [2.05, 4.69) is 10.2 Å². The third-order valence-electron chi connectivity index (χ3n) is 5.06. The summed E-state index contributed by atoms with van der Waals surface area (Å²) in [6.07, 6.45) is -3.68. The minimum atomic E-state index is -4.62. The summed E-state index contributed by atoms with van der Waals surface area (Å²) in [6.45, 7) is 4.85. The zero-order valence-electron chi connectivity index (χ0n) is 15.6. The average molecular weight is 393 g/mol. The van der Waals surface area contributed by atoms with Gasteiger partial charge in [-0.2, -0.15) is 13.2 Å². The lowest BCUT2D eigenvalue weighted by molar-refractivity contribution is -0.138. The van der Waals surface area contributed by atoms with E-state index < -0.39 is 23.7 Å². The van der Waals surface area contributed by atoms with E-state index in [4.69, 9.17) is 4.74 Å². The lowest BCUT2D eigenvalue weighted by atomic mass is 10.0. The molecule has 1 aromatic carbocycles. The number of ether oxygens (including phenoxy) is 1. The fourth-order valence-corrected chi connectivity index (χ4v) is 3.55. The number of nitrogens with zero attached hydrogens (tertiary/aromatic N) is 3. The van der Waals surface area contributed by atoms with Crippen molar-refractivity contribution in [3.8, 4) is 5.75 Å². The van der Waals surface area contributed by atoms with Crippen LogP contribution in [-0.4, -0.2) is 14.6 Å². The summed E-state index contributed by atoms with van der Waals surface area (Å²) < 4.78 is 62.6. The second-order valence-corrected chi connectivity index (χ2v) is 7.25. The lowest BCUT2D eigenvalue weighted by Gasteiger charge is -2.23. The first-order valence-corrected chi connectivity index (χ1v) is 9.05. The molecule has 3 aromatic rings. The minimum Gasteiger partial charge on any atom is -0.486 e. The van der Waals surface area contributed by atoms with Gasteiger partial charge in [0.25, 0.3) is 0 Å². The molecule has 1 fully saturated rings. The molecule has 8 heteroatoms. The quantitative estimate of drug-likeness (QED) is 0.548. The Morgan fingerprint density at radius 1 is 1.14 bits per heavy atom. The molecule has 0 unspecified atom stereocenters. The van der Waals surface area contributed by atoms with Crippen LogP contribution in [0.1, 0.15) is 60.0 Å². The number of rotatable bonds is 4. The van der Waals surface area contributed by atoms with E-state index in [0.29, 0.717) is 17.1 Å². The van der Waals surface area contributed by atoms with Crippen LogP contribution in [-0.2, 0) is 6.18 Å². The molecule has 1 atom stereocenters. The van der Waals surface area contributed by atoms with Crippen molar-refractivity contribution >= 4 is 5.65 Å². The van der Waals surface area contributed by atoms with Gasteiger partial charge in [-0.15, -0.1) is 10.2 Å². The molecule has 0 saturated heterocycles. The summed E-state index contributed by atoms with van der Waals surface area (Å²) >= 11 is 0. The summed E-state index contributed by atoms with van der Waals surface area (Å²) in [7, 11) is 0. The third-order valence-corrected chi connectivity index (χ3v) is 5.06. The Morgan fingerprint density at radius 3 is 2.46 bits per heavy atom. The molecular formula is C20H19F4N3O. The van der Waals surface area contributed by atoms with Gasteiger partial charge in [0, 0.05) is 11.3 Å². The Balaban J connectivity index is 1.87. The first kappa shape index (κ1) is 18.7. The molecule has 28 heavy (non-hydrogen) atoms. The van der Waals surface area contributed by atoms with Crippen LogP contribution in [0.3, 0.4) is 0 Å². The van der Waals surface area contributed by atoms with Gasteiger partial charge < -0.3 is 4.74 Å². The van der Waals surface area contributed by atoms with Gasteiger partial charge in [0.15, 0.2) is 5.65 Å². The number of aromatic nitrogens is 3. The van der Waals surface area contributed by atoms with Crippen LogP contribution >= 0.6 is 0 Å². The summed E-state index contributed by atoms with van der Waals surface area (Å²) in [5.41, 5.74) is 0.257. The molecule has 0 radical (unpaired) electrons. The Morgan fingerprint density at radius 2 is 1.86 bits per heavy atom. The Hall–Kier alpha value is -2.64. The average Bonchev–Trinajstić information content (AvgIpc) is 3.38. The Bertz CT molecular complexity index is 1050. The van der Waals surface area contributed by atoms with Crippen molar-refractivity contribution in [2.75, 3.05) is 0 Å². The lowest BCUT2D eigenvalue weighted by Crippen LogP contribution is -2.18. The second kappa shape index (κ2) is 6.46. The zero-order valence-corrected chi connectivity index (χ0v) is 15.6. The first-order valence-electron chi connectivity index (χ1n) is 9.05. The molecule has 1 aliphatic rings. The number of fused-ring (bicyclic) bond motifs is 1. The number of pyridine rings is 1. The zero-order chi connectivity index (χ0) is 20.2.